The molecule has 3 amide bonds. The summed E-state index contributed by atoms with van der Waals surface area (Å²) in [5.74, 6) is 0.395. The van der Waals surface area contributed by atoms with E-state index < -0.39 is 5.54 Å². The third-order valence-electron chi connectivity index (χ3n) is 3.75. The van der Waals surface area contributed by atoms with Gasteiger partial charge in [-0.1, -0.05) is 44.2 Å². The minimum absolute atomic E-state index is 0.119. The number of rotatable bonds is 5. The lowest BCUT2D eigenvalue weighted by atomic mass is 9.92. The average molecular weight is 274 g/mol. The maximum absolute atomic E-state index is 12.5. The largest absolute Gasteiger partial charge is 0.325 e. The van der Waals surface area contributed by atoms with Crippen molar-refractivity contribution in [2.75, 3.05) is 0 Å². The first-order valence-corrected chi connectivity index (χ1v) is 7.10. The van der Waals surface area contributed by atoms with Gasteiger partial charge in [-0.3, -0.25) is 9.69 Å². The van der Waals surface area contributed by atoms with Gasteiger partial charge in [-0.05, 0) is 31.2 Å². The molecule has 4 heteroatoms. The fraction of sp³-hybridized carbons (Fsp3) is 0.500. The van der Waals surface area contributed by atoms with E-state index in [0.717, 1.165) is 12.0 Å². The summed E-state index contributed by atoms with van der Waals surface area (Å²) in [7, 11) is 0. The van der Waals surface area contributed by atoms with Crippen LogP contribution in [0.2, 0.25) is 0 Å². The first-order valence-electron chi connectivity index (χ1n) is 7.10. The second-order valence-corrected chi connectivity index (χ2v) is 6.07. The standard InChI is InChI=1S/C16H22N2O2/c1-12(2)9-10-16(3)14(19)18(15(20)17-16)11-13-7-5-4-6-8-13/h4-8,12H,9-11H2,1-3H3,(H,17,20)/t16-/m1/s1. The van der Waals surface area contributed by atoms with Crippen molar-refractivity contribution in [3.63, 3.8) is 0 Å². The monoisotopic (exact) mass is 274 g/mol. The Balaban J connectivity index is 2.09. The second-order valence-electron chi connectivity index (χ2n) is 6.07. The maximum Gasteiger partial charge on any atom is 0.325 e. The summed E-state index contributed by atoms with van der Waals surface area (Å²) < 4.78 is 0. The Morgan fingerprint density at radius 3 is 2.45 bits per heavy atom. The van der Waals surface area contributed by atoms with Crippen molar-refractivity contribution in [3.05, 3.63) is 35.9 Å². The predicted octanol–water partition coefficient (Wildman–Crippen LogP) is 2.93. The molecule has 1 aliphatic heterocycles. The third kappa shape index (κ3) is 3.00. The highest BCUT2D eigenvalue weighted by molar-refractivity contribution is 6.06. The molecule has 0 aromatic heterocycles. The van der Waals surface area contributed by atoms with E-state index in [2.05, 4.69) is 19.2 Å². The van der Waals surface area contributed by atoms with E-state index >= 15 is 0 Å². The predicted molar refractivity (Wildman–Crippen MR) is 78.0 cm³/mol. The summed E-state index contributed by atoms with van der Waals surface area (Å²) in [5, 5.41) is 2.84. The minimum atomic E-state index is -0.754. The molecule has 1 aromatic rings. The Kier molecular flexibility index (Phi) is 4.12. The van der Waals surface area contributed by atoms with Crippen LogP contribution in [0.5, 0.6) is 0 Å². The van der Waals surface area contributed by atoms with E-state index in [0.29, 0.717) is 18.9 Å². The van der Waals surface area contributed by atoms with E-state index in [-0.39, 0.29) is 11.9 Å². The Morgan fingerprint density at radius 2 is 1.85 bits per heavy atom. The van der Waals surface area contributed by atoms with Crippen LogP contribution in [-0.2, 0) is 11.3 Å². The zero-order valence-electron chi connectivity index (χ0n) is 12.3. The molecule has 1 fully saturated rings. The van der Waals surface area contributed by atoms with E-state index in [1.54, 1.807) is 0 Å². The molecule has 1 aromatic carbocycles. The lowest BCUT2D eigenvalue weighted by Gasteiger charge is -2.22. The molecule has 0 bridgehead atoms. The molecule has 4 nitrogen and oxygen atoms in total. The van der Waals surface area contributed by atoms with Crippen molar-refractivity contribution in [1.29, 1.82) is 0 Å². The zero-order valence-corrected chi connectivity index (χ0v) is 12.3. The van der Waals surface area contributed by atoms with Crippen molar-refractivity contribution < 1.29 is 9.59 Å². The maximum atomic E-state index is 12.5. The first-order chi connectivity index (χ1) is 9.42. The molecule has 1 heterocycles. The molecule has 108 valence electrons. The lowest BCUT2D eigenvalue weighted by Crippen LogP contribution is -2.44. The van der Waals surface area contributed by atoms with Crippen LogP contribution < -0.4 is 5.32 Å². The highest BCUT2D eigenvalue weighted by Gasteiger charge is 2.47. The van der Waals surface area contributed by atoms with Gasteiger partial charge in [0.1, 0.15) is 5.54 Å². The van der Waals surface area contributed by atoms with Crippen molar-refractivity contribution in [2.45, 2.75) is 45.7 Å². The van der Waals surface area contributed by atoms with Gasteiger partial charge in [0.25, 0.3) is 5.91 Å². The molecule has 1 saturated heterocycles. The molecule has 0 aliphatic carbocycles. The van der Waals surface area contributed by atoms with Crippen LogP contribution in [-0.4, -0.2) is 22.4 Å². The van der Waals surface area contributed by atoms with Crippen LogP contribution in [0.25, 0.3) is 0 Å². The molecule has 0 radical (unpaired) electrons. The van der Waals surface area contributed by atoms with Crippen LogP contribution in [0.3, 0.4) is 0 Å². The van der Waals surface area contributed by atoms with E-state index in [9.17, 15) is 9.59 Å². The van der Waals surface area contributed by atoms with Crippen LogP contribution in [0.15, 0.2) is 30.3 Å². The lowest BCUT2D eigenvalue weighted by molar-refractivity contribution is -0.131. The summed E-state index contributed by atoms with van der Waals surface area (Å²) in [6.07, 6.45) is 1.60. The Labute approximate surface area is 120 Å². The molecule has 0 unspecified atom stereocenters. The summed E-state index contributed by atoms with van der Waals surface area (Å²) in [6, 6.07) is 9.29. The number of hydrogen-bond acceptors (Lipinski definition) is 2. The fourth-order valence-corrected chi connectivity index (χ4v) is 2.40. The molecule has 20 heavy (non-hydrogen) atoms. The quantitative estimate of drug-likeness (QED) is 0.839. The Hall–Kier alpha value is -1.84. The number of benzene rings is 1. The minimum Gasteiger partial charge on any atom is -0.323 e. The number of carbonyl (C=O) groups excluding carboxylic acids is 2. The van der Waals surface area contributed by atoms with E-state index in [1.807, 2.05) is 37.3 Å². The molecule has 0 spiro atoms. The molecule has 1 atom stereocenters. The number of carbonyl (C=O) groups is 2. The van der Waals surface area contributed by atoms with Gasteiger partial charge in [-0.15, -0.1) is 0 Å². The van der Waals surface area contributed by atoms with Gasteiger partial charge < -0.3 is 5.32 Å². The van der Waals surface area contributed by atoms with Crippen molar-refractivity contribution >= 4 is 11.9 Å². The van der Waals surface area contributed by atoms with Crippen molar-refractivity contribution in [1.82, 2.24) is 10.2 Å². The van der Waals surface area contributed by atoms with Gasteiger partial charge in [0.2, 0.25) is 0 Å². The summed E-state index contributed by atoms with van der Waals surface area (Å²) in [6.45, 7) is 6.39. The summed E-state index contributed by atoms with van der Waals surface area (Å²) in [5.41, 5.74) is 0.208. The number of amides is 3. The van der Waals surface area contributed by atoms with Gasteiger partial charge in [0.15, 0.2) is 0 Å². The number of imide groups is 1. The Bertz CT molecular complexity index is 498. The number of nitrogens with one attached hydrogen (secondary N) is 1. The Morgan fingerprint density at radius 1 is 1.20 bits per heavy atom. The highest BCUT2D eigenvalue weighted by Crippen LogP contribution is 2.25. The number of hydrogen-bond donors (Lipinski definition) is 1. The van der Waals surface area contributed by atoms with Gasteiger partial charge in [-0.2, -0.15) is 0 Å². The van der Waals surface area contributed by atoms with Crippen LogP contribution in [0.4, 0.5) is 4.79 Å². The van der Waals surface area contributed by atoms with Gasteiger partial charge in [0.05, 0.1) is 6.54 Å². The van der Waals surface area contributed by atoms with Crippen LogP contribution in [0.1, 0.15) is 39.2 Å². The van der Waals surface area contributed by atoms with E-state index in [4.69, 9.17) is 0 Å². The van der Waals surface area contributed by atoms with Gasteiger partial charge >= 0.3 is 6.03 Å². The third-order valence-corrected chi connectivity index (χ3v) is 3.75. The molecule has 1 N–H and O–H groups in total. The zero-order chi connectivity index (χ0) is 14.8. The number of urea groups is 1. The molecule has 2 rings (SSSR count). The van der Waals surface area contributed by atoms with Crippen LogP contribution >= 0.6 is 0 Å². The molecule has 0 saturated carbocycles. The highest BCUT2D eigenvalue weighted by atomic mass is 16.2. The van der Waals surface area contributed by atoms with E-state index in [1.165, 1.54) is 4.90 Å². The molecular weight excluding hydrogens is 252 g/mol. The molecular formula is C16H22N2O2. The first kappa shape index (κ1) is 14.6. The summed E-state index contributed by atoms with van der Waals surface area (Å²) >= 11 is 0. The average Bonchev–Trinajstić information content (AvgIpc) is 2.62. The fourth-order valence-electron chi connectivity index (χ4n) is 2.40. The van der Waals surface area contributed by atoms with Crippen LogP contribution in [0, 0.1) is 5.92 Å². The second kappa shape index (κ2) is 5.65. The topological polar surface area (TPSA) is 49.4 Å². The summed E-state index contributed by atoms with van der Waals surface area (Å²) in [4.78, 5) is 25.9. The van der Waals surface area contributed by atoms with Crippen molar-refractivity contribution in [3.8, 4) is 0 Å². The molecule has 1 aliphatic rings. The van der Waals surface area contributed by atoms with Gasteiger partial charge in [0, 0.05) is 0 Å². The SMILES string of the molecule is CC(C)CC[C@@]1(C)NC(=O)N(Cc2ccccc2)C1=O. The number of nitrogens with zero attached hydrogens (tertiary/aromatic N) is 1. The smallest absolute Gasteiger partial charge is 0.323 e. The van der Waals surface area contributed by atoms with Gasteiger partial charge in [-0.25, -0.2) is 4.79 Å². The van der Waals surface area contributed by atoms with Crippen molar-refractivity contribution in [2.24, 2.45) is 5.92 Å². The normalized spacial score (nSPS) is 22.5.